The van der Waals surface area contributed by atoms with E-state index in [2.05, 4.69) is 192 Å². The molecule has 0 aliphatic heterocycles. The van der Waals surface area contributed by atoms with Crippen LogP contribution in [0.15, 0.2) is 176 Å². The average Bonchev–Trinajstić information content (AvgIpc) is 3.83. The Hall–Kier alpha value is -6.64. The highest BCUT2D eigenvalue weighted by Crippen LogP contribution is 2.48. The summed E-state index contributed by atoms with van der Waals surface area (Å²) >= 11 is 0. The number of benzene rings is 8. The van der Waals surface area contributed by atoms with Crippen molar-refractivity contribution in [3.05, 3.63) is 187 Å². The fourth-order valence-electron chi connectivity index (χ4n) is 8.84. The number of rotatable bonds is 3. The molecule has 2 heterocycles. The molecule has 0 bridgehead atoms. The molecule has 0 radical (unpaired) electrons. The molecule has 0 unspecified atom stereocenters. The van der Waals surface area contributed by atoms with Gasteiger partial charge in [0.05, 0.1) is 27.8 Å². The van der Waals surface area contributed by atoms with Crippen LogP contribution in [0.25, 0.3) is 93.6 Å². The van der Waals surface area contributed by atoms with Gasteiger partial charge in [0.1, 0.15) is 0 Å². The van der Waals surface area contributed by atoms with Gasteiger partial charge in [-0.2, -0.15) is 0 Å². The van der Waals surface area contributed by atoms with Crippen LogP contribution in [0.2, 0.25) is 0 Å². The van der Waals surface area contributed by atoms with Crippen molar-refractivity contribution in [2.75, 3.05) is 0 Å². The number of allylic oxidation sites excluding steroid dienone is 1. The van der Waals surface area contributed by atoms with Crippen molar-refractivity contribution in [3.63, 3.8) is 0 Å². The zero-order valence-corrected chi connectivity index (χ0v) is 28.1. The van der Waals surface area contributed by atoms with Gasteiger partial charge in [-0.1, -0.05) is 127 Å². The Kier molecular flexibility index (Phi) is 5.91. The fraction of sp³-hybridized carbons (Fsp3) is 0.0204. The van der Waals surface area contributed by atoms with Gasteiger partial charge in [-0.15, -0.1) is 0 Å². The normalized spacial score (nSPS) is 13.2. The summed E-state index contributed by atoms with van der Waals surface area (Å²) in [6, 6.07) is 62.5. The fourth-order valence-corrected chi connectivity index (χ4v) is 8.84. The third kappa shape index (κ3) is 3.93. The third-order valence-corrected chi connectivity index (χ3v) is 11.0. The summed E-state index contributed by atoms with van der Waals surface area (Å²) in [6.07, 6.45) is 2.27. The summed E-state index contributed by atoms with van der Waals surface area (Å²) in [4.78, 5) is 0. The van der Waals surface area contributed by atoms with E-state index in [1.807, 2.05) is 0 Å². The van der Waals surface area contributed by atoms with E-state index in [4.69, 9.17) is 0 Å². The van der Waals surface area contributed by atoms with Crippen LogP contribution in [0, 0.1) is 0 Å². The number of fused-ring (bicyclic) bond motifs is 11. The Morgan fingerprint density at radius 2 is 1.04 bits per heavy atom. The lowest BCUT2D eigenvalue weighted by molar-refractivity contribution is 1.17. The highest BCUT2D eigenvalue weighted by atomic mass is 15.0. The summed E-state index contributed by atoms with van der Waals surface area (Å²) in [5, 5.41) is 7.57. The van der Waals surface area contributed by atoms with Crippen molar-refractivity contribution >= 4 is 60.0 Å². The van der Waals surface area contributed by atoms with Crippen LogP contribution in [0.1, 0.15) is 18.1 Å². The molecule has 1 aliphatic rings. The number of nitrogens with zero attached hydrogens (tertiary/aromatic N) is 2. The molecular weight excluding hydrogens is 617 g/mol. The number of aromatic nitrogens is 2. The molecule has 10 aromatic rings. The number of para-hydroxylation sites is 2. The molecule has 2 aromatic heterocycles. The first kappa shape index (κ1) is 28.2. The molecule has 0 atom stereocenters. The molecule has 11 rings (SSSR count). The summed E-state index contributed by atoms with van der Waals surface area (Å²) in [5.74, 6) is 0. The third-order valence-electron chi connectivity index (χ3n) is 11.0. The lowest BCUT2D eigenvalue weighted by Crippen LogP contribution is -1.99. The first-order chi connectivity index (χ1) is 25.3. The monoisotopic (exact) mass is 648 g/mol. The Balaban J connectivity index is 1.14. The minimum atomic E-state index is 1.17. The summed E-state index contributed by atoms with van der Waals surface area (Å²) < 4.78 is 4.91. The average molecular weight is 649 g/mol. The topological polar surface area (TPSA) is 9.86 Å². The maximum absolute atomic E-state index is 2.48. The summed E-state index contributed by atoms with van der Waals surface area (Å²) in [7, 11) is 0. The van der Waals surface area contributed by atoms with Crippen LogP contribution < -0.4 is 0 Å². The predicted octanol–water partition coefficient (Wildman–Crippen LogP) is 13.1. The lowest BCUT2D eigenvalue weighted by Gasteiger charge is -2.14. The van der Waals surface area contributed by atoms with Gasteiger partial charge in [0.15, 0.2) is 0 Å². The van der Waals surface area contributed by atoms with Gasteiger partial charge < -0.3 is 9.13 Å². The molecule has 1 aliphatic carbocycles. The van der Waals surface area contributed by atoms with Crippen molar-refractivity contribution in [1.29, 1.82) is 0 Å². The van der Waals surface area contributed by atoms with E-state index in [1.54, 1.807) is 0 Å². The number of hydrogen-bond donors (Lipinski definition) is 0. The highest BCUT2D eigenvalue weighted by Gasteiger charge is 2.27. The van der Waals surface area contributed by atoms with Gasteiger partial charge in [-0.3, -0.25) is 0 Å². The molecule has 2 heteroatoms. The van der Waals surface area contributed by atoms with Crippen molar-refractivity contribution in [1.82, 2.24) is 9.13 Å². The second-order valence-corrected chi connectivity index (χ2v) is 13.6. The number of hydrogen-bond acceptors (Lipinski definition) is 0. The van der Waals surface area contributed by atoms with E-state index >= 15 is 0 Å². The van der Waals surface area contributed by atoms with Crippen LogP contribution >= 0.6 is 0 Å². The maximum atomic E-state index is 2.48. The van der Waals surface area contributed by atoms with Crippen LogP contribution in [0.4, 0.5) is 0 Å². The molecule has 2 nitrogen and oxygen atoms in total. The van der Waals surface area contributed by atoms with Crippen LogP contribution in [-0.2, 0) is 0 Å². The molecule has 0 fully saturated rings. The molecule has 0 amide bonds. The minimum Gasteiger partial charge on any atom is -0.309 e. The first-order valence-electron chi connectivity index (χ1n) is 17.7. The first-order valence-corrected chi connectivity index (χ1v) is 17.7. The van der Waals surface area contributed by atoms with Crippen molar-refractivity contribution < 1.29 is 0 Å². The van der Waals surface area contributed by atoms with Gasteiger partial charge in [-0.05, 0) is 94.2 Å². The predicted molar refractivity (Wildman–Crippen MR) is 216 cm³/mol. The Labute approximate surface area is 295 Å². The SMILES string of the molecule is C/C=C1/c2ccccc2-c2cccc(-n3c4ccccc4c4cc(-c5ccc6c(c5)c5ccc7ccccc7c5n6-c5ccccc5)ccc43)c21. The van der Waals surface area contributed by atoms with Crippen LogP contribution in [0.3, 0.4) is 0 Å². The zero-order valence-electron chi connectivity index (χ0n) is 28.1. The molecule has 0 saturated carbocycles. The van der Waals surface area contributed by atoms with Crippen molar-refractivity contribution in [3.8, 4) is 33.6 Å². The van der Waals surface area contributed by atoms with Gasteiger partial charge in [-0.25, -0.2) is 0 Å². The standard InChI is InChI=1S/C49H32N2/c1-2-35-37-17-8-9-18-38(37)40-20-12-22-47(48(35)40)51-44-21-11-10-19-39(44)42-29-32(25-28-46(42)51)33-24-27-45-43(30-33)41-26-23-31-13-6-7-16-36(31)49(41)50(45)34-14-4-3-5-15-34/h2-30H,1H3/b35-2-. The zero-order chi connectivity index (χ0) is 33.6. The molecule has 0 spiro atoms. The van der Waals surface area contributed by atoms with Crippen molar-refractivity contribution in [2.24, 2.45) is 0 Å². The largest absolute Gasteiger partial charge is 0.309 e. The summed E-state index contributed by atoms with van der Waals surface area (Å²) in [6.45, 7) is 2.16. The van der Waals surface area contributed by atoms with E-state index in [-0.39, 0.29) is 0 Å². The van der Waals surface area contributed by atoms with Gasteiger partial charge in [0, 0.05) is 38.2 Å². The van der Waals surface area contributed by atoms with Crippen LogP contribution in [-0.4, -0.2) is 9.13 Å². The van der Waals surface area contributed by atoms with E-state index in [0.717, 1.165) is 0 Å². The second kappa shape index (κ2) is 10.7. The molecule has 0 saturated heterocycles. The Bertz CT molecular complexity index is 3080. The van der Waals surface area contributed by atoms with Gasteiger partial charge >= 0.3 is 0 Å². The minimum absolute atomic E-state index is 1.17. The molecule has 0 N–H and O–H groups in total. The van der Waals surface area contributed by atoms with Crippen LogP contribution in [0.5, 0.6) is 0 Å². The van der Waals surface area contributed by atoms with Gasteiger partial charge in [0.2, 0.25) is 0 Å². The Morgan fingerprint density at radius 3 is 1.84 bits per heavy atom. The van der Waals surface area contributed by atoms with Gasteiger partial charge in [0.25, 0.3) is 0 Å². The maximum Gasteiger partial charge on any atom is 0.0619 e. The van der Waals surface area contributed by atoms with E-state index in [9.17, 15) is 0 Å². The highest BCUT2D eigenvalue weighted by molar-refractivity contribution is 6.19. The molecule has 238 valence electrons. The van der Waals surface area contributed by atoms with Crippen molar-refractivity contribution in [2.45, 2.75) is 6.92 Å². The lowest BCUT2D eigenvalue weighted by atomic mass is 10.00. The second-order valence-electron chi connectivity index (χ2n) is 13.6. The molecule has 51 heavy (non-hydrogen) atoms. The Morgan fingerprint density at radius 1 is 0.412 bits per heavy atom. The molecular formula is C49H32N2. The summed E-state index contributed by atoms with van der Waals surface area (Å²) in [5.41, 5.74) is 16.3. The van der Waals surface area contributed by atoms with E-state index < -0.39 is 0 Å². The van der Waals surface area contributed by atoms with E-state index in [0.29, 0.717) is 0 Å². The van der Waals surface area contributed by atoms with E-state index in [1.165, 1.54) is 105 Å². The quantitative estimate of drug-likeness (QED) is 0.180. The molecule has 8 aromatic carbocycles. The smallest absolute Gasteiger partial charge is 0.0619 e.